The second kappa shape index (κ2) is 11.0. The van der Waals surface area contributed by atoms with Crippen molar-refractivity contribution in [1.29, 1.82) is 0 Å². The van der Waals surface area contributed by atoms with Gasteiger partial charge in [0.15, 0.2) is 0 Å². The predicted molar refractivity (Wildman–Crippen MR) is 132 cm³/mol. The van der Waals surface area contributed by atoms with Crippen molar-refractivity contribution >= 4 is 21.6 Å². The largest absolute Gasteiger partial charge is 0.495 e. The molecule has 1 aromatic heterocycles. The minimum atomic E-state index is -3.66. The van der Waals surface area contributed by atoms with Gasteiger partial charge in [0.1, 0.15) is 5.75 Å². The lowest BCUT2D eigenvalue weighted by Gasteiger charge is -2.21. The van der Waals surface area contributed by atoms with Crippen molar-refractivity contribution in [1.82, 2.24) is 14.5 Å². The highest BCUT2D eigenvalue weighted by atomic mass is 32.2. The molecule has 0 radical (unpaired) electrons. The number of anilines is 1. The van der Waals surface area contributed by atoms with Crippen molar-refractivity contribution < 1.29 is 22.4 Å². The molecule has 35 heavy (non-hydrogen) atoms. The average Bonchev–Trinajstić information content (AvgIpc) is 3.15. The van der Waals surface area contributed by atoms with Crippen LogP contribution in [0.15, 0.2) is 51.8 Å². The molecule has 9 nitrogen and oxygen atoms in total. The SMILES string of the molecule is COc1ccc(S(=O)(=O)N2CCCCCC2)cc1NC(=O)CCc1nnc(-c2ccc(C)cc2)o1. The summed E-state index contributed by atoms with van der Waals surface area (Å²) in [5.41, 5.74) is 2.24. The molecule has 0 spiro atoms. The van der Waals surface area contributed by atoms with Crippen molar-refractivity contribution in [3.05, 3.63) is 53.9 Å². The maximum Gasteiger partial charge on any atom is 0.247 e. The van der Waals surface area contributed by atoms with Gasteiger partial charge in [0.05, 0.1) is 17.7 Å². The number of rotatable bonds is 8. The summed E-state index contributed by atoms with van der Waals surface area (Å²) in [4.78, 5) is 12.8. The number of ether oxygens (including phenoxy) is 1. The van der Waals surface area contributed by atoms with E-state index in [4.69, 9.17) is 9.15 Å². The lowest BCUT2D eigenvalue weighted by Crippen LogP contribution is -2.32. The van der Waals surface area contributed by atoms with Crippen molar-refractivity contribution in [3.63, 3.8) is 0 Å². The maximum atomic E-state index is 13.2. The fourth-order valence-corrected chi connectivity index (χ4v) is 5.52. The molecule has 10 heteroatoms. The number of hydrogen-bond donors (Lipinski definition) is 1. The van der Waals surface area contributed by atoms with Crippen LogP contribution in [0.25, 0.3) is 11.5 Å². The van der Waals surface area contributed by atoms with E-state index in [1.807, 2.05) is 31.2 Å². The van der Waals surface area contributed by atoms with E-state index in [1.54, 1.807) is 6.07 Å². The molecule has 0 bridgehead atoms. The molecule has 1 fully saturated rings. The van der Waals surface area contributed by atoms with E-state index in [-0.39, 0.29) is 23.6 Å². The molecule has 1 aliphatic heterocycles. The molecule has 4 rings (SSSR count). The molecule has 1 N–H and O–H groups in total. The van der Waals surface area contributed by atoms with Gasteiger partial charge in [0.25, 0.3) is 0 Å². The van der Waals surface area contributed by atoms with Crippen LogP contribution in [0.5, 0.6) is 5.75 Å². The summed E-state index contributed by atoms with van der Waals surface area (Å²) < 4.78 is 38.9. The zero-order valence-electron chi connectivity index (χ0n) is 20.0. The zero-order chi connectivity index (χ0) is 24.8. The molecule has 0 aliphatic carbocycles. The lowest BCUT2D eigenvalue weighted by molar-refractivity contribution is -0.116. The molecular formula is C25H30N4O5S. The van der Waals surface area contributed by atoms with E-state index in [0.29, 0.717) is 36.3 Å². The van der Waals surface area contributed by atoms with Crippen LogP contribution in [-0.4, -0.2) is 49.0 Å². The third kappa shape index (κ3) is 6.07. The third-order valence-electron chi connectivity index (χ3n) is 5.98. The molecule has 2 aromatic carbocycles. The van der Waals surface area contributed by atoms with Gasteiger partial charge in [-0.25, -0.2) is 8.42 Å². The smallest absolute Gasteiger partial charge is 0.247 e. The predicted octanol–water partition coefficient (Wildman–Crippen LogP) is 4.19. The van der Waals surface area contributed by atoms with Crippen molar-refractivity contribution in [3.8, 4) is 17.2 Å². The number of carbonyl (C=O) groups is 1. The summed E-state index contributed by atoms with van der Waals surface area (Å²) >= 11 is 0. The second-order valence-corrected chi connectivity index (χ2v) is 10.5. The van der Waals surface area contributed by atoms with Crippen LogP contribution in [0.4, 0.5) is 5.69 Å². The first-order valence-electron chi connectivity index (χ1n) is 11.7. The topological polar surface area (TPSA) is 115 Å². The summed E-state index contributed by atoms with van der Waals surface area (Å²) in [6, 6.07) is 12.3. The molecule has 0 atom stereocenters. The summed E-state index contributed by atoms with van der Waals surface area (Å²) in [5.74, 6) is 0.809. The van der Waals surface area contributed by atoms with Gasteiger partial charge in [-0.1, -0.05) is 30.5 Å². The van der Waals surface area contributed by atoms with Crippen LogP contribution in [0.1, 0.15) is 43.6 Å². The van der Waals surface area contributed by atoms with Gasteiger partial charge in [-0.2, -0.15) is 4.31 Å². The highest BCUT2D eigenvalue weighted by molar-refractivity contribution is 7.89. The minimum Gasteiger partial charge on any atom is -0.495 e. The Morgan fingerprint density at radius 2 is 1.77 bits per heavy atom. The fourth-order valence-electron chi connectivity index (χ4n) is 3.98. The summed E-state index contributed by atoms with van der Waals surface area (Å²) in [6.07, 6.45) is 4.09. The molecular weight excluding hydrogens is 468 g/mol. The Labute approximate surface area is 205 Å². The van der Waals surface area contributed by atoms with Crippen LogP contribution in [-0.2, 0) is 21.2 Å². The van der Waals surface area contributed by atoms with E-state index in [1.165, 1.54) is 23.5 Å². The Balaban J connectivity index is 1.43. The van der Waals surface area contributed by atoms with E-state index < -0.39 is 10.0 Å². The second-order valence-electron chi connectivity index (χ2n) is 8.60. The van der Waals surface area contributed by atoms with Gasteiger partial charge in [0.2, 0.25) is 27.7 Å². The molecule has 1 saturated heterocycles. The number of aromatic nitrogens is 2. The standard InChI is InChI=1S/C25H30N4O5S/c1-18-7-9-19(10-8-18)25-28-27-24(34-25)14-13-23(30)26-21-17-20(11-12-22(21)33-2)35(31,32)29-15-5-3-4-6-16-29/h7-12,17H,3-6,13-16H2,1-2H3,(H,26,30). The highest BCUT2D eigenvalue weighted by Gasteiger charge is 2.26. The molecule has 2 heterocycles. The van der Waals surface area contributed by atoms with Crippen LogP contribution >= 0.6 is 0 Å². The maximum absolute atomic E-state index is 13.2. The minimum absolute atomic E-state index is 0.0851. The van der Waals surface area contributed by atoms with Crippen molar-refractivity contribution in [2.24, 2.45) is 0 Å². The molecule has 1 amide bonds. The molecule has 186 valence electrons. The highest BCUT2D eigenvalue weighted by Crippen LogP contribution is 2.30. The number of hydrogen-bond acceptors (Lipinski definition) is 7. The Morgan fingerprint density at radius 1 is 1.06 bits per heavy atom. The zero-order valence-corrected chi connectivity index (χ0v) is 20.8. The lowest BCUT2D eigenvalue weighted by atomic mass is 10.1. The number of sulfonamides is 1. The van der Waals surface area contributed by atoms with Gasteiger partial charge < -0.3 is 14.5 Å². The van der Waals surface area contributed by atoms with Crippen LogP contribution in [0, 0.1) is 6.92 Å². The number of benzene rings is 2. The van der Waals surface area contributed by atoms with Gasteiger partial charge in [-0.15, -0.1) is 10.2 Å². The Bertz CT molecular complexity index is 1260. The normalized spacial score (nSPS) is 14.9. The monoisotopic (exact) mass is 498 g/mol. The number of nitrogens with one attached hydrogen (secondary N) is 1. The van der Waals surface area contributed by atoms with E-state index in [2.05, 4.69) is 15.5 Å². The number of aryl methyl sites for hydroxylation is 2. The van der Waals surface area contributed by atoms with Gasteiger partial charge in [-0.3, -0.25) is 4.79 Å². The number of carbonyl (C=O) groups excluding carboxylic acids is 1. The molecule has 0 saturated carbocycles. The van der Waals surface area contributed by atoms with Crippen molar-refractivity contribution in [2.45, 2.75) is 50.3 Å². The first kappa shape index (κ1) is 24.9. The van der Waals surface area contributed by atoms with Crippen molar-refractivity contribution in [2.75, 3.05) is 25.5 Å². The fraction of sp³-hybridized carbons (Fsp3) is 0.400. The first-order valence-corrected chi connectivity index (χ1v) is 13.2. The Hall–Kier alpha value is -3.24. The van der Waals surface area contributed by atoms with Crippen LogP contribution < -0.4 is 10.1 Å². The Morgan fingerprint density at radius 3 is 2.46 bits per heavy atom. The number of amides is 1. The van der Waals surface area contributed by atoms with Gasteiger partial charge >= 0.3 is 0 Å². The molecule has 1 aliphatic rings. The summed E-state index contributed by atoms with van der Waals surface area (Å²) in [6.45, 7) is 3.01. The summed E-state index contributed by atoms with van der Waals surface area (Å²) in [7, 11) is -2.19. The Kier molecular flexibility index (Phi) is 7.82. The molecule has 3 aromatic rings. The van der Waals surface area contributed by atoms with Gasteiger partial charge in [0, 0.05) is 31.5 Å². The number of nitrogens with zero attached hydrogens (tertiary/aromatic N) is 3. The number of methoxy groups -OCH3 is 1. The quantitative estimate of drug-likeness (QED) is 0.495. The average molecular weight is 499 g/mol. The van der Waals surface area contributed by atoms with Gasteiger partial charge in [-0.05, 0) is 50.1 Å². The van der Waals surface area contributed by atoms with E-state index >= 15 is 0 Å². The summed E-state index contributed by atoms with van der Waals surface area (Å²) in [5, 5.41) is 10.9. The van der Waals surface area contributed by atoms with Crippen LogP contribution in [0.2, 0.25) is 0 Å². The first-order chi connectivity index (χ1) is 16.9. The molecule has 0 unspecified atom stereocenters. The van der Waals surface area contributed by atoms with Crippen LogP contribution in [0.3, 0.4) is 0 Å². The third-order valence-corrected chi connectivity index (χ3v) is 7.87. The van der Waals surface area contributed by atoms with E-state index in [0.717, 1.165) is 36.8 Å². The van der Waals surface area contributed by atoms with E-state index in [9.17, 15) is 13.2 Å².